The van der Waals surface area contributed by atoms with Crippen LogP contribution in [0.2, 0.25) is 0 Å². The summed E-state index contributed by atoms with van der Waals surface area (Å²) in [5.41, 5.74) is 4.10. The first-order valence-electron chi connectivity index (χ1n) is 7.88. The maximum atomic E-state index is 12.4. The van der Waals surface area contributed by atoms with E-state index in [0.29, 0.717) is 17.0 Å². The second-order valence-electron chi connectivity index (χ2n) is 5.75. The third-order valence-corrected chi connectivity index (χ3v) is 4.92. The van der Waals surface area contributed by atoms with E-state index >= 15 is 0 Å². The maximum Gasteiger partial charge on any atom is 0.279 e. The van der Waals surface area contributed by atoms with E-state index in [1.54, 1.807) is 24.3 Å². The molecular weight excluding hydrogens is 320 g/mol. The number of ether oxygens (including phenoxy) is 1. The molecule has 0 atom stereocenters. The summed E-state index contributed by atoms with van der Waals surface area (Å²) in [6.45, 7) is 6.70. The van der Waals surface area contributed by atoms with Crippen LogP contribution >= 0.6 is 11.3 Å². The summed E-state index contributed by atoms with van der Waals surface area (Å²) >= 11 is 1.54. The molecule has 1 aromatic heterocycles. The summed E-state index contributed by atoms with van der Waals surface area (Å²) in [5, 5.41) is 0. The fourth-order valence-electron chi connectivity index (χ4n) is 2.80. The van der Waals surface area contributed by atoms with E-state index in [9.17, 15) is 4.79 Å². The molecule has 4 nitrogen and oxygen atoms in total. The Morgan fingerprint density at radius 2 is 1.92 bits per heavy atom. The summed E-state index contributed by atoms with van der Waals surface area (Å²) in [6.07, 6.45) is 0. The molecule has 24 heavy (non-hydrogen) atoms. The van der Waals surface area contributed by atoms with Crippen LogP contribution in [0.25, 0.3) is 10.2 Å². The molecule has 0 spiro atoms. The fourth-order valence-corrected chi connectivity index (χ4v) is 3.99. The van der Waals surface area contributed by atoms with Crippen molar-refractivity contribution in [3.8, 4) is 5.75 Å². The van der Waals surface area contributed by atoms with Gasteiger partial charge in [0.05, 0.1) is 16.8 Å². The Bertz CT molecular complexity index is 965. The van der Waals surface area contributed by atoms with Gasteiger partial charge in [-0.2, -0.15) is 4.99 Å². The van der Waals surface area contributed by atoms with Gasteiger partial charge in [-0.3, -0.25) is 4.79 Å². The number of aryl methyl sites for hydroxylation is 3. The van der Waals surface area contributed by atoms with Gasteiger partial charge in [0.1, 0.15) is 5.75 Å². The average molecular weight is 340 g/mol. The standard InChI is InChI=1S/C19H20N2O2S/c1-5-23-15-8-6-14(7-9-15)18(22)20-19-21(4)17-13(3)10-12(2)11-16(17)24-19/h6-11H,5H2,1-4H3. The first-order valence-corrected chi connectivity index (χ1v) is 8.70. The summed E-state index contributed by atoms with van der Waals surface area (Å²) in [4.78, 5) is 17.5. The smallest absolute Gasteiger partial charge is 0.279 e. The Balaban J connectivity index is 2.01. The minimum atomic E-state index is -0.241. The van der Waals surface area contributed by atoms with Crippen molar-refractivity contribution in [1.82, 2.24) is 4.57 Å². The third-order valence-electron chi connectivity index (χ3n) is 3.84. The molecule has 0 bridgehead atoms. The Labute approximate surface area is 145 Å². The second kappa shape index (κ2) is 6.61. The number of nitrogens with zero attached hydrogens (tertiary/aromatic N) is 2. The van der Waals surface area contributed by atoms with E-state index in [2.05, 4.69) is 31.0 Å². The van der Waals surface area contributed by atoms with Crippen molar-refractivity contribution in [2.24, 2.45) is 12.0 Å². The van der Waals surface area contributed by atoms with Crippen molar-refractivity contribution in [1.29, 1.82) is 0 Å². The van der Waals surface area contributed by atoms with Crippen LogP contribution in [-0.2, 0) is 7.05 Å². The summed E-state index contributed by atoms with van der Waals surface area (Å²) in [5.74, 6) is 0.516. The number of hydrogen-bond donors (Lipinski definition) is 0. The molecule has 3 aromatic rings. The highest BCUT2D eigenvalue weighted by atomic mass is 32.1. The maximum absolute atomic E-state index is 12.4. The van der Waals surface area contributed by atoms with Crippen LogP contribution in [-0.4, -0.2) is 17.1 Å². The lowest BCUT2D eigenvalue weighted by molar-refractivity contribution is 0.0998. The van der Waals surface area contributed by atoms with E-state index in [0.717, 1.165) is 16.0 Å². The highest BCUT2D eigenvalue weighted by Gasteiger charge is 2.09. The van der Waals surface area contributed by atoms with Crippen molar-refractivity contribution < 1.29 is 9.53 Å². The number of rotatable bonds is 3. The quantitative estimate of drug-likeness (QED) is 0.723. The first kappa shape index (κ1) is 16.5. The highest BCUT2D eigenvalue weighted by Crippen LogP contribution is 2.22. The van der Waals surface area contributed by atoms with Crippen LogP contribution in [0.4, 0.5) is 0 Å². The summed E-state index contributed by atoms with van der Waals surface area (Å²) in [7, 11) is 1.95. The molecule has 0 fully saturated rings. The van der Waals surface area contributed by atoms with Crippen LogP contribution in [0.5, 0.6) is 5.75 Å². The molecule has 0 aliphatic heterocycles. The largest absolute Gasteiger partial charge is 0.494 e. The Hall–Kier alpha value is -2.40. The lowest BCUT2D eigenvalue weighted by atomic mass is 10.1. The van der Waals surface area contributed by atoms with Crippen molar-refractivity contribution >= 4 is 27.5 Å². The zero-order valence-electron chi connectivity index (χ0n) is 14.3. The van der Waals surface area contributed by atoms with Crippen molar-refractivity contribution in [3.63, 3.8) is 0 Å². The van der Waals surface area contributed by atoms with Crippen molar-refractivity contribution in [3.05, 3.63) is 57.9 Å². The van der Waals surface area contributed by atoms with E-state index in [4.69, 9.17) is 4.74 Å². The SMILES string of the molecule is CCOc1ccc(C(=O)N=c2sc3cc(C)cc(C)c3n2C)cc1. The van der Waals surface area contributed by atoms with Gasteiger partial charge in [0, 0.05) is 12.6 Å². The van der Waals surface area contributed by atoms with Gasteiger partial charge in [-0.15, -0.1) is 0 Å². The lowest BCUT2D eigenvalue weighted by Gasteiger charge is -2.03. The first-order chi connectivity index (χ1) is 11.5. The van der Waals surface area contributed by atoms with Gasteiger partial charge >= 0.3 is 0 Å². The number of benzene rings is 2. The Morgan fingerprint density at radius 1 is 1.21 bits per heavy atom. The number of hydrogen-bond acceptors (Lipinski definition) is 3. The van der Waals surface area contributed by atoms with Crippen LogP contribution in [0.3, 0.4) is 0 Å². The normalized spacial score (nSPS) is 11.9. The average Bonchev–Trinajstić information content (AvgIpc) is 2.84. The molecule has 5 heteroatoms. The Kier molecular flexibility index (Phi) is 4.53. The highest BCUT2D eigenvalue weighted by molar-refractivity contribution is 7.16. The second-order valence-corrected chi connectivity index (χ2v) is 6.76. The number of carbonyl (C=O) groups is 1. The predicted molar refractivity (Wildman–Crippen MR) is 97.8 cm³/mol. The van der Waals surface area contributed by atoms with Gasteiger partial charge in [0.25, 0.3) is 5.91 Å². The van der Waals surface area contributed by atoms with Crippen molar-refractivity contribution in [2.45, 2.75) is 20.8 Å². The molecule has 124 valence electrons. The Morgan fingerprint density at radius 3 is 2.58 bits per heavy atom. The van der Waals surface area contributed by atoms with Gasteiger partial charge in [0.2, 0.25) is 0 Å². The molecular formula is C19H20N2O2S. The molecule has 0 saturated heterocycles. The molecule has 2 aromatic carbocycles. The number of carbonyl (C=O) groups excluding carboxylic acids is 1. The van der Waals surface area contributed by atoms with Crippen LogP contribution < -0.4 is 9.54 Å². The van der Waals surface area contributed by atoms with E-state index in [1.165, 1.54) is 22.5 Å². The zero-order valence-corrected chi connectivity index (χ0v) is 15.1. The van der Waals surface area contributed by atoms with Gasteiger partial charge < -0.3 is 9.30 Å². The molecule has 0 aliphatic carbocycles. The minimum absolute atomic E-state index is 0.241. The van der Waals surface area contributed by atoms with Crippen LogP contribution in [0.1, 0.15) is 28.4 Å². The van der Waals surface area contributed by atoms with Crippen LogP contribution in [0, 0.1) is 13.8 Å². The summed E-state index contributed by atoms with van der Waals surface area (Å²) < 4.78 is 8.53. The molecule has 0 aliphatic rings. The number of aromatic nitrogens is 1. The molecule has 0 unspecified atom stereocenters. The lowest BCUT2D eigenvalue weighted by Crippen LogP contribution is -2.13. The predicted octanol–water partition coefficient (Wildman–Crippen LogP) is 4.00. The van der Waals surface area contributed by atoms with E-state index in [-0.39, 0.29) is 5.91 Å². The number of amides is 1. The fraction of sp³-hybridized carbons (Fsp3) is 0.263. The van der Waals surface area contributed by atoms with E-state index < -0.39 is 0 Å². The zero-order chi connectivity index (χ0) is 17.3. The van der Waals surface area contributed by atoms with Gasteiger partial charge in [-0.1, -0.05) is 17.4 Å². The van der Waals surface area contributed by atoms with Gasteiger partial charge in [-0.25, -0.2) is 0 Å². The van der Waals surface area contributed by atoms with E-state index in [1.807, 2.05) is 18.5 Å². The molecule has 0 saturated carbocycles. The van der Waals surface area contributed by atoms with Crippen molar-refractivity contribution in [2.75, 3.05) is 6.61 Å². The number of fused-ring (bicyclic) bond motifs is 1. The summed E-state index contributed by atoms with van der Waals surface area (Å²) in [6, 6.07) is 11.4. The van der Waals surface area contributed by atoms with Gasteiger partial charge in [-0.05, 0) is 62.2 Å². The molecule has 3 rings (SSSR count). The molecule has 0 N–H and O–H groups in total. The molecule has 1 amide bonds. The molecule has 0 radical (unpaired) electrons. The monoisotopic (exact) mass is 340 g/mol. The minimum Gasteiger partial charge on any atom is -0.494 e. The topological polar surface area (TPSA) is 43.6 Å². The molecule has 1 heterocycles. The van der Waals surface area contributed by atoms with Crippen LogP contribution in [0.15, 0.2) is 41.4 Å². The third kappa shape index (κ3) is 3.12. The van der Waals surface area contributed by atoms with Gasteiger partial charge in [0.15, 0.2) is 4.80 Å². The number of thiazole rings is 1.